The molecule has 0 aliphatic rings. The fourth-order valence-electron chi connectivity index (χ4n) is 4.01. The summed E-state index contributed by atoms with van der Waals surface area (Å²) in [6.45, 7) is 3.19. The zero-order chi connectivity index (χ0) is 28.5. The molecule has 0 saturated heterocycles. The summed E-state index contributed by atoms with van der Waals surface area (Å²) in [7, 11) is -4.35. The molecule has 0 fully saturated rings. The maximum absolute atomic E-state index is 14.0. The summed E-state index contributed by atoms with van der Waals surface area (Å²) >= 11 is 6.34. The maximum atomic E-state index is 14.0. The molecule has 1 N–H and O–H groups in total. The predicted molar refractivity (Wildman–Crippen MR) is 141 cm³/mol. The molecule has 4 aromatic rings. The molecule has 12 heteroatoms. The van der Waals surface area contributed by atoms with Crippen LogP contribution >= 0.6 is 11.6 Å². The Kier molecular flexibility index (Phi) is 7.76. The Balaban J connectivity index is 1.83. The van der Waals surface area contributed by atoms with E-state index in [9.17, 15) is 31.5 Å². The maximum Gasteiger partial charge on any atom is 0.573 e. The zero-order valence-electron chi connectivity index (χ0n) is 20.6. The van der Waals surface area contributed by atoms with Crippen molar-refractivity contribution >= 4 is 44.2 Å². The number of rotatable bonds is 8. The fourth-order valence-corrected chi connectivity index (χ4v) is 5.68. The number of sulfonamides is 1. The number of hydrogen-bond donors (Lipinski definition) is 1. The van der Waals surface area contributed by atoms with Gasteiger partial charge in [0, 0.05) is 22.0 Å². The Hall–Kier alpha value is -3.83. The normalized spacial score (nSPS) is 12.1. The van der Waals surface area contributed by atoms with Crippen LogP contribution in [0, 0.1) is 0 Å². The van der Waals surface area contributed by atoms with Crippen molar-refractivity contribution < 1.29 is 36.2 Å². The lowest BCUT2D eigenvalue weighted by atomic mass is 9.97. The van der Waals surface area contributed by atoms with Crippen LogP contribution in [0.1, 0.15) is 41.3 Å². The zero-order valence-corrected chi connectivity index (χ0v) is 22.2. The van der Waals surface area contributed by atoms with Crippen molar-refractivity contribution in [3.8, 4) is 5.75 Å². The smallest absolute Gasteiger partial charge is 0.478 e. The van der Waals surface area contributed by atoms with Crippen molar-refractivity contribution in [3.05, 3.63) is 94.6 Å². The first kappa shape index (κ1) is 28.2. The third kappa shape index (κ3) is 6.26. The Morgan fingerprint density at radius 1 is 1.08 bits per heavy atom. The lowest BCUT2D eigenvalue weighted by Crippen LogP contribution is -2.31. The number of carboxylic acid groups (broad SMARTS) is 1. The molecular formula is C27H22ClF3N2O5S. The summed E-state index contributed by atoms with van der Waals surface area (Å²) in [5.41, 5.74) is 0.651. The lowest BCUT2D eigenvalue weighted by molar-refractivity contribution is -0.274. The number of benzene rings is 3. The molecule has 204 valence electrons. The highest BCUT2D eigenvalue weighted by Crippen LogP contribution is 2.32. The fraction of sp³-hybridized carbons (Fsp3) is 0.185. The molecule has 0 spiro atoms. The van der Waals surface area contributed by atoms with E-state index < -0.39 is 28.1 Å². The number of aromatic carboxylic acids is 1. The SMILES string of the molecule is CC(C)c1cc(S(=O)(=O)N(Cc2ccc(OC(F)(F)F)cc2)c2cc3c(Cl)cccc3cn2)ccc1C(=O)O. The van der Waals surface area contributed by atoms with E-state index in [1.54, 1.807) is 32.0 Å². The van der Waals surface area contributed by atoms with Crippen LogP contribution in [-0.4, -0.2) is 30.8 Å². The lowest BCUT2D eigenvalue weighted by Gasteiger charge is -2.25. The van der Waals surface area contributed by atoms with Gasteiger partial charge >= 0.3 is 12.3 Å². The minimum absolute atomic E-state index is 0.0135. The number of carbonyl (C=O) groups is 1. The van der Waals surface area contributed by atoms with E-state index in [0.29, 0.717) is 26.9 Å². The van der Waals surface area contributed by atoms with Crippen molar-refractivity contribution in [1.82, 2.24) is 4.98 Å². The third-order valence-electron chi connectivity index (χ3n) is 5.90. The van der Waals surface area contributed by atoms with Gasteiger partial charge in [-0.05, 0) is 59.5 Å². The van der Waals surface area contributed by atoms with Crippen LogP contribution in [0.15, 0.2) is 77.8 Å². The topological polar surface area (TPSA) is 96.8 Å². The Morgan fingerprint density at radius 3 is 2.38 bits per heavy atom. The largest absolute Gasteiger partial charge is 0.573 e. The molecule has 0 unspecified atom stereocenters. The molecule has 0 atom stereocenters. The molecular weight excluding hydrogens is 557 g/mol. The van der Waals surface area contributed by atoms with Gasteiger partial charge in [-0.2, -0.15) is 0 Å². The van der Waals surface area contributed by atoms with Crippen LogP contribution in [0.4, 0.5) is 19.0 Å². The highest BCUT2D eigenvalue weighted by atomic mass is 35.5. The molecule has 0 radical (unpaired) electrons. The number of alkyl halides is 3. The molecule has 0 aliphatic carbocycles. The summed E-state index contributed by atoms with van der Waals surface area (Å²) in [5.74, 6) is -1.92. The van der Waals surface area contributed by atoms with Crippen molar-refractivity contribution in [1.29, 1.82) is 0 Å². The van der Waals surface area contributed by atoms with E-state index in [4.69, 9.17) is 11.6 Å². The van der Waals surface area contributed by atoms with Gasteiger partial charge in [0.05, 0.1) is 17.0 Å². The van der Waals surface area contributed by atoms with E-state index >= 15 is 0 Å². The number of fused-ring (bicyclic) bond motifs is 1. The van der Waals surface area contributed by atoms with Gasteiger partial charge in [0.1, 0.15) is 11.6 Å². The standard InChI is InChI=1S/C27H22ClF3N2O5S/c1-16(2)22-12-20(10-11-21(22)26(34)35)39(36,37)33(15-17-6-8-19(9-7-17)38-27(29,30)31)25-13-23-18(14-32-25)4-3-5-24(23)28/h3-14,16H,15H2,1-2H3,(H,34,35). The summed E-state index contributed by atoms with van der Waals surface area (Å²) in [6, 6.07) is 15.2. The molecule has 0 bridgehead atoms. The first-order valence-corrected chi connectivity index (χ1v) is 13.4. The number of aromatic nitrogens is 1. The van der Waals surface area contributed by atoms with Crippen molar-refractivity contribution in [2.24, 2.45) is 0 Å². The van der Waals surface area contributed by atoms with Crippen LogP contribution in [0.2, 0.25) is 5.02 Å². The number of nitrogens with zero attached hydrogens (tertiary/aromatic N) is 2. The van der Waals surface area contributed by atoms with Gasteiger partial charge in [0.15, 0.2) is 0 Å². The Bertz CT molecular complexity index is 1640. The highest BCUT2D eigenvalue weighted by molar-refractivity contribution is 7.92. The van der Waals surface area contributed by atoms with Crippen LogP contribution in [0.3, 0.4) is 0 Å². The first-order valence-electron chi connectivity index (χ1n) is 11.5. The number of hydrogen-bond acceptors (Lipinski definition) is 5. The molecule has 1 heterocycles. The summed E-state index contributed by atoms with van der Waals surface area (Å²) < 4.78 is 70.6. The van der Waals surface area contributed by atoms with Crippen molar-refractivity contribution in [3.63, 3.8) is 0 Å². The molecule has 0 amide bonds. The van der Waals surface area contributed by atoms with Gasteiger partial charge in [-0.1, -0.05) is 49.7 Å². The van der Waals surface area contributed by atoms with E-state index in [2.05, 4.69) is 9.72 Å². The van der Waals surface area contributed by atoms with Gasteiger partial charge in [0.25, 0.3) is 10.0 Å². The number of pyridine rings is 1. The van der Waals surface area contributed by atoms with E-state index in [0.717, 1.165) is 16.4 Å². The van der Waals surface area contributed by atoms with Crippen molar-refractivity contribution in [2.75, 3.05) is 4.31 Å². The summed E-state index contributed by atoms with van der Waals surface area (Å²) in [5, 5.41) is 11.1. The summed E-state index contributed by atoms with van der Waals surface area (Å²) in [6.07, 6.45) is -3.41. The van der Waals surface area contributed by atoms with Crippen LogP contribution in [-0.2, 0) is 16.6 Å². The number of carboxylic acids is 1. The third-order valence-corrected chi connectivity index (χ3v) is 7.97. The minimum atomic E-state index is -4.87. The first-order chi connectivity index (χ1) is 18.3. The predicted octanol–water partition coefficient (Wildman–Crippen LogP) is 7.00. The van der Waals surface area contributed by atoms with Gasteiger partial charge < -0.3 is 9.84 Å². The number of anilines is 1. The Morgan fingerprint density at radius 2 is 1.77 bits per heavy atom. The van der Waals surface area contributed by atoms with Crippen LogP contribution in [0.25, 0.3) is 10.8 Å². The van der Waals surface area contributed by atoms with Gasteiger partial charge in [-0.3, -0.25) is 0 Å². The molecule has 0 aliphatic heterocycles. The van der Waals surface area contributed by atoms with E-state index in [1.807, 2.05) is 0 Å². The quantitative estimate of drug-likeness (QED) is 0.242. The number of halogens is 4. The van der Waals surface area contributed by atoms with Gasteiger partial charge in [-0.15, -0.1) is 13.2 Å². The number of ether oxygens (including phenoxy) is 1. The second-order valence-electron chi connectivity index (χ2n) is 8.92. The summed E-state index contributed by atoms with van der Waals surface area (Å²) in [4.78, 5) is 15.8. The second kappa shape index (κ2) is 10.7. The van der Waals surface area contributed by atoms with E-state index in [1.165, 1.54) is 42.6 Å². The average Bonchev–Trinajstić information content (AvgIpc) is 2.87. The van der Waals surface area contributed by atoms with E-state index in [-0.39, 0.29) is 28.7 Å². The molecule has 3 aromatic carbocycles. The molecule has 39 heavy (non-hydrogen) atoms. The molecule has 1 aromatic heterocycles. The van der Waals surface area contributed by atoms with Gasteiger partial charge in [-0.25, -0.2) is 22.5 Å². The van der Waals surface area contributed by atoms with Crippen molar-refractivity contribution in [2.45, 2.75) is 37.6 Å². The average molecular weight is 579 g/mol. The van der Waals surface area contributed by atoms with Crippen LogP contribution < -0.4 is 9.04 Å². The molecule has 4 rings (SSSR count). The Labute approximate surface area is 227 Å². The second-order valence-corrected chi connectivity index (χ2v) is 11.2. The minimum Gasteiger partial charge on any atom is -0.478 e. The van der Waals surface area contributed by atoms with Gasteiger partial charge in [0.2, 0.25) is 0 Å². The van der Waals surface area contributed by atoms with Crippen LogP contribution in [0.5, 0.6) is 5.75 Å². The highest BCUT2D eigenvalue weighted by Gasteiger charge is 2.31. The molecule has 0 saturated carbocycles. The monoisotopic (exact) mass is 578 g/mol. The molecule has 7 nitrogen and oxygen atoms in total.